The number of para-hydroxylation sites is 1. The van der Waals surface area contributed by atoms with Crippen molar-refractivity contribution in [3.63, 3.8) is 0 Å². The van der Waals surface area contributed by atoms with Gasteiger partial charge in [0.15, 0.2) is 0 Å². The van der Waals surface area contributed by atoms with Gasteiger partial charge < -0.3 is 10.5 Å². The number of ether oxygens (including phenoxy) is 1. The summed E-state index contributed by atoms with van der Waals surface area (Å²) in [5.41, 5.74) is 7.66. The fourth-order valence-electron chi connectivity index (χ4n) is 1.47. The van der Waals surface area contributed by atoms with Gasteiger partial charge in [0.1, 0.15) is 11.5 Å². The van der Waals surface area contributed by atoms with E-state index in [0.29, 0.717) is 6.54 Å². The molecular formula is C13H14N2O. The molecule has 0 fully saturated rings. The minimum Gasteiger partial charge on any atom is -0.457 e. The van der Waals surface area contributed by atoms with E-state index in [1.54, 1.807) is 12.4 Å². The number of aryl methyl sites for hydroxylation is 1. The van der Waals surface area contributed by atoms with Crippen molar-refractivity contribution in [3.8, 4) is 11.5 Å². The van der Waals surface area contributed by atoms with Gasteiger partial charge in [-0.2, -0.15) is 0 Å². The fraction of sp³-hybridized carbons (Fsp3) is 0.154. The van der Waals surface area contributed by atoms with Gasteiger partial charge in [0.2, 0.25) is 0 Å². The van der Waals surface area contributed by atoms with Gasteiger partial charge in [0.25, 0.3) is 0 Å². The molecule has 0 atom stereocenters. The maximum absolute atomic E-state index is 5.81. The molecule has 1 aromatic carbocycles. The Morgan fingerprint density at radius 2 is 2.00 bits per heavy atom. The van der Waals surface area contributed by atoms with E-state index in [9.17, 15) is 0 Å². The molecule has 0 amide bonds. The van der Waals surface area contributed by atoms with E-state index in [1.165, 1.54) is 0 Å². The van der Waals surface area contributed by atoms with E-state index in [2.05, 4.69) is 4.98 Å². The lowest BCUT2D eigenvalue weighted by molar-refractivity contribution is 0.472. The molecular weight excluding hydrogens is 200 g/mol. The summed E-state index contributed by atoms with van der Waals surface area (Å²) in [6.07, 6.45) is 3.49. The highest BCUT2D eigenvalue weighted by Gasteiger charge is 2.04. The van der Waals surface area contributed by atoms with E-state index in [4.69, 9.17) is 10.5 Å². The van der Waals surface area contributed by atoms with Gasteiger partial charge >= 0.3 is 0 Å². The quantitative estimate of drug-likeness (QED) is 0.854. The van der Waals surface area contributed by atoms with E-state index in [1.807, 2.05) is 37.3 Å². The van der Waals surface area contributed by atoms with Crippen LogP contribution < -0.4 is 10.5 Å². The van der Waals surface area contributed by atoms with Gasteiger partial charge in [0.05, 0.1) is 0 Å². The molecule has 1 heterocycles. The molecule has 2 aromatic rings. The van der Waals surface area contributed by atoms with Crippen LogP contribution in [0.25, 0.3) is 0 Å². The number of rotatable bonds is 3. The summed E-state index contributed by atoms with van der Waals surface area (Å²) in [6, 6.07) is 9.62. The molecule has 1 aromatic heterocycles. The highest BCUT2D eigenvalue weighted by molar-refractivity contribution is 5.39. The summed E-state index contributed by atoms with van der Waals surface area (Å²) in [4.78, 5) is 4.02. The van der Waals surface area contributed by atoms with Crippen molar-refractivity contribution in [3.05, 3.63) is 53.9 Å². The zero-order chi connectivity index (χ0) is 11.4. The molecule has 0 unspecified atom stereocenters. The molecule has 16 heavy (non-hydrogen) atoms. The summed E-state index contributed by atoms with van der Waals surface area (Å²) in [5, 5.41) is 0. The second kappa shape index (κ2) is 4.77. The van der Waals surface area contributed by atoms with Gasteiger partial charge in [-0.15, -0.1) is 0 Å². The highest BCUT2D eigenvalue weighted by atomic mass is 16.5. The molecule has 0 aliphatic carbocycles. The van der Waals surface area contributed by atoms with Crippen molar-refractivity contribution < 1.29 is 4.74 Å². The lowest BCUT2D eigenvalue weighted by Crippen LogP contribution is -1.99. The Morgan fingerprint density at radius 3 is 2.75 bits per heavy atom. The molecule has 0 aliphatic rings. The first kappa shape index (κ1) is 10.6. The number of pyridine rings is 1. The highest BCUT2D eigenvalue weighted by Crippen LogP contribution is 2.26. The number of hydrogen-bond donors (Lipinski definition) is 1. The van der Waals surface area contributed by atoms with Crippen LogP contribution in [0.5, 0.6) is 11.5 Å². The van der Waals surface area contributed by atoms with Gasteiger partial charge in [-0.05, 0) is 19.1 Å². The van der Waals surface area contributed by atoms with Crippen molar-refractivity contribution >= 4 is 0 Å². The first-order valence-corrected chi connectivity index (χ1v) is 5.17. The first-order chi connectivity index (χ1) is 7.81. The van der Waals surface area contributed by atoms with E-state index >= 15 is 0 Å². The van der Waals surface area contributed by atoms with E-state index < -0.39 is 0 Å². The molecule has 0 saturated carbocycles. The van der Waals surface area contributed by atoms with Crippen LogP contribution in [0, 0.1) is 6.92 Å². The van der Waals surface area contributed by atoms with Crippen LogP contribution in [0.2, 0.25) is 0 Å². The Bertz CT molecular complexity index is 483. The molecule has 0 spiro atoms. The Balaban J connectivity index is 2.30. The third kappa shape index (κ3) is 2.20. The Hall–Kier alpha value is -1.87. The van der Waals surface area contributed by atoms with Crippen molar-refractivity contribution in [2.45, 2.75) is 13.5 Å². The van der Waals surface area contributed by atoms with E-state index in [0.717, 1.165) is 22.6 Å². The van der Waals surface area contributed by atoms with Crippen molar-refractivity contribution in [2.24, 2.45) is 5.73 Å². The average Bonchev–Trinajstić information content (AvgIpc) is 2.33. The maximum atomic E-state index is 5.81. The smallest absolute Gasteiger partial charge is 0.133 e. The third-order valence-corrected chi connectivity index (χ3v) is 2.38. The standard InChI is InChI=1S/C13H14N2O/c1-10-9-15-7-6-12(10)16-13-5-3-2-4-11(13)8-14/h2-7,9H,8,14H2,1H3. The van der Waals surface area contributed by atoms with Gasteiger partial charge in [-0.1, -0.05) is 18.2 Å². The Morgan fingerprint density at radius 1 is 1.19 bits per heavy atom. The summed E-state index contributed by atoms with van der Waals surface area (Å²) < 4.78 is 5.81. The number of hydrogen-bond acceptors (Lipinski definition) is 3. The molecule has 2 N–H and O–H groups in total. The maximum Gasteiger partial charge on any atom is 0.133 e. The molecule has 3 nitrogen and oxygen atoms in total. The topological polar surface area (TPSA) is 48.1 Å². The molecule has 82 valence electrons. The number of aromatic nitrogens is 1. The Labute approximate surface area is 94.9 Å². The molecule has 0 saturated heterocycles. The lowest BCUT2D eigenvalue weighted by Gasteiger charge is -2.11. The van der Waals surface area contributed by atoms with Crippen LogP contribution in [0.4, 0.5) is 0 Å². The predicted molar refractivity (Wildman–Crippen MR) is 63.4 cm³/mol. The monoisotopic (exact) mass is 214 g/mol. The van der Waals surface area contributed by atoms with Crippen molar-refractivity contribution in [2.75, 3.05) is 0 Å². The SMILES string of the molecule is Cc1cnccc1Oc1ccccc1CN. The molecule has 0 radical (unpaired) electrons. The summed E-state index contributed by atoms with van der Waals surface area (Å²) >= 11 is 0. The molecule has 0 aliphatic heterocycles. The zero-order valence-corrected chi connectivity index (χ0v) is 9.18. The number of nitrogens with zero attached hydrogens (tertiary/aromatic N) is 1. The number of nitrogens with two attached hydrogens (primary N) is 1. The normalized spacial score (nSPS) is 10.1. The van der Waals surface area contributed by atoms with Crippen LogP contribution in [-0.4, -0.2) is 4.98 Å². The predicted octanol–water partition coefficient (Wildman–Crippen LogP) is 2.64. The third-order valence-electron chi connectivity index (χ3n) is 2.38. The minimum atomic E-state index is 0.473. The first-order valence-electron chi connectivity index (χ1n) is 5.17. The van der Waals surface area contributed by atoms with Crippen LogP contribution in [0.1, 0.15) is 11.1 Å². The van der Waals surface area contributed by atoms with Crippen LogP contribution in [-0.2, 0) is 6.54 Å². The molecule has 0 bridgehead atoms. The summed E-state index contributed by atoms with van der Waals surface area (Å²) in [6.45, 7) is 2.44. The second-order valence-electron chi connectivity index (χ2n) is 3.56. The van der Waals surface area contributed by atoms with E-state index in [-0.39, 0.29) is 0 Å². The van der Waals surface area contributed by atoms with Gasteiger partial charge in [0, 0.05) is 30.1 Å². The van der Waals surface area contributed by atoms with Gasteiger partial charge in [-0.3, -0.25) is 4.98 Å². The van der Waals surface area contributed by atoms with Crippen molar-refractivity contribution in [1.29, 1.82) is 0 Å². The summed E-state index contributed by atoms with van der Waals surface area (Å²) in [7, 11) is 0. The van der Waals surface area contributed by atoms with Crippen LogP contribution in [0.3, 0.4) is 0 Å². The summed E-state index contributed by atoms with van der Waals surface area (Å²) in [5.74, 6) is 1.62. The average molecular weight is 214 g/mol. The van der Waals surface area contributed by atoms with Crippen LogP contribution >= 0.6 is 0 Å². The minimum absolute atomic E-state index is 0.473. The van der Waals surface area contributed by atoms with Gasteiger partial charge in [-0.25, -0.2) is 0 Å². The Kier molecular flexibility index (Phi) is 3.17. The zero-order valence-electron chi connectivity index (χ0n) is 9.18. The molecule has 2 rings (SSSR count). The van der Waals surface area contributed by atoms with Crippen molar-refractivity contribution in [1.82, 2.24) is 4.98 Å². The van der Waals surface area contributed by atoms with Crippen LogP contribution in [0.15, 0.2) is 42.7 Å². The number of benzene rings is 1. The molecule has 3 heteroatoms. The second-order valence-corrected chi connectivity index (χ2v) is 3.56. The largest absolute Gasteiger partial charge is 0.457 e. The lowest BCUT2D eigenvalue weighted by atomic mass is 10.2. The fourth-order valence-corrected chi connectivity index (χ4v) is 1.47.